The highest BCUT2D eigenvalue weighted by Gasteiger charge is 2.21. The van der Waals surface area contributed by atoms with Gasteiger partial charge in [-0.15, -0.1) is 0 Å². The van der Waals surface area contributed by atoms with Crippen LogP contribution >= 0.6 is 23.8 Å². The molecule has 2 aromatic carbocycles. The molecule has 1 aliphatic rings. The van der Waals surface area contributed by atoms with Gasteiger partial charge >= 0.3 is 0 Å². The molecule has 1 N–H and O–H groups in total. The number of hydrogen-bond acceptors (Lipinski definition) is 2. The summed E-state index contributed by atoms with van der Waals surface area (Å²) in [5.74, 6) is 0.862. The molecule has 3 rings (SSSR count). The third-order valence-corrected chi connectivity index (χ3v) is 3.96. The smallest absolute Gasteiger partial charge is 0.178 e. The van der Waals surface area contributed by atoms with Gasteiger partial charge in [-0.05, 0) is 55.0 Å². The Labute approximate surface area is 134 Å². The van der Waals surface area contributed by atoms with Gasteiger partial charge < -0.3 is 15.0 Å². The maximum Gasteiger partial charge on any atom is 0.178 e. The lowest BCUT2D eigenvalue weighted by Gasteiger charge is -2.31. The Morgan fingerprint density at radius 2 is 2.10 bits per heavy atom. The Bertz CT molecular complexity index is 690. The van der Waals surface area contributed by atoms with Crippen molar-refractivity contribution in [2.45, 2.75) is 6.92 Å². The van der Waals surface area contributed by atoms with Crippen molar-refractivity contribution in [3.8, 4) is 5.75 Å². The van der Waals surface area contributed by atoms with E-state index in [4.69, 9.17) is 28.6 Å². The Hall–Kier alpha value is -1.78. The Morgan fingerprint density at radius 3 is 2.90 bits per heavy atom. The first-order valence-electron chi connectivity index (χ1n) is 6.71. The van der Waals surface area contributed by atoms with Gasteiger partial charge in [0.25, 0.3) is 0 Å². The molecule has 0 aromatic heterocycles. The molecule has 3 nitrogen and oxygen atoms in total. The van der Waals surface area contributed by atoms with E-state index in [0.29, 0.717) is 11.7 Å². The number of aryl methyl sites for hydroxylation is 1. The number of fused-ring (bicyclic) bond motifs is 1. The fraction of sp³-hybridized carbons (Fsp3) is 0.188. The van der Waals surface area contributed by atoms with Crippen LogP contribution in [0, 0.1) is 6.92 Å². The normalized spacial score (nSPS) is 13.3. The van der Waals surface area contributed by atoms with E-state index in [-0.39, 0.29) is 0 Å². The molecule has 0 amide bonds. The third kappa shape index (κ3) is 2.96. The van der Waals surface area contributed by atoms with Gasteiger partial charge in [-0.3, -0.25) is 0 Å². The van der Waals surface area contributed by atoms with Crippen molar-refractivity contribution in [2.24, 2.45) is 0 Å². The number of halogens is 1. The number of para-hydroxylation sites is 2. The first kappa shape index (κ1) is 14.2. The van der Waals surface area contributed by atoms with E-state index in [1.807, 2.05) is 49.4 Å². The van der Waals surface area contributed by atoms with Gasteiger partial charge in [-0.2, -0.15) is 0 Å². The predicted molar refractivity (Wildman–Crippen MR) is 91.7 cm³/mol. The molecular formula is C16H15ClN2OS. The third-order valence-electron chi connectivity index (χ3n) is 3.40. The number of thiocarbonyl (C=S) groups is 1. The minimum Gasteiger partial charge on any atom is -0.490 e. The van der Waals surface area contributed by atoms with Crippen molar-refractivity contribution < 1.29 is 4.74 Å². The Kier molecular flexibility index (Phi) is 3.99. The van der Waals surface area contributed by atoms with Crippen LogP contribution in [0.3, 0.4) is 0 Å². The van der Waals surface area contributed by atoms with Crippen molar-refractivity contribution in [2.75, 3.05) is 23.4 Å². The van der Waals surface area contributed by atoms with E-state index < -0.39 is 0 Å². The van der Waals surface area contributed by atoms with E-state index in [2.05, 4.69) is 10.2 Å². The number of benzene rings is 2. The van der Waals surface area contributed by atoms with E-state index in [1.54, 1.807) is 0 Å². The molecule has 0 saturated heterocycles. The average Bonchev–Trinajstić information content (AvgIpc) is 2.49. The van der Waals surface area contributed by atoms with E-state index in [1.165, 1.54) is 0 Å². The Morgan fingerprint density at radius 1 is 1.29 bits per heavy atom. The van der Waals surface area contributed by atoms with Crippen LogP contribution in [0.15, 0.2) is 42.5 Å². The largest absolute Gasteiger partial charge is 0.490 e. The van der Waals surface area contributed by atoms with Crippen LogP contribution in [0.25, 0.3) is 0 Å². The predicted octanol–water partition coefficient (Wildman–Crippen LogP) is 4.24. The lowest BCUT2D eigenvalue weighted by molar-refractivity contribution is 0.315. The van der Waals surface area contributed by atoms with Crippen LogP contribution in [0.1, 0.15) is 5.56 Å². The summed E-state index contributed by atoms with van der Waals surface area (Å²) in [5, 5.41) is 4.68. The molecule has 21 heavy (non-hydrogen) atoms. The number of ether oxygens (including phenoxy) is 1. The average molecular weight is 319 g/mol. The SMILES string of the molecule is Cc1cc(Cl)ccc1NC(=S)N1CCOc2ccccc21. The lowest BCUT2D eigenvalue weighted by atomic mass is 10.2. The second kappa shape index (κ2) is 5.92. The topological polar surface area (TPSA) is 24.5 Å². The lowest BCUT2D eigenvalue weighted by Crippen LogP contribution is -2.40. The van der Waals surface area contributed by atoms with Crippen LogP contribution in [0.4, 0.5) is 11.4 Å². The highest BCUT2D eigenvalue weighted by molar-refractivity contribution is 7.80. The van der Waals surface area contributed by atoms with Gasteiger partial charge in [0, 0.05) is 10.7 Å². The zero-order valence-corrected chi connectivity index (χ0v) is 13.2. The van der Waals surface area contributed by atoms with E-state index in [9.17, 15) is 0 Å². The standard InChI is InChI=1S/C16H15ClN2OS/c1-11-10-12(17)6-7-13(11)18-16(21)19-8-9-20-15-5-3-2-4-14(15)19/h2-7,10H,8-9H2,1H3,(H,18,21). The zero-order chi connectivity index (χ0) is 14.8. The molecule has 0 fully saturated rings. The Balaban J connectivity index is 1.83. The first-order valence-corrected chi connectivity index (χ1v) is 7.50. The number of rotatable bonds is 1. The monoisotopic (exact) mass is 318 g/mol. The van der Waals surface area contributed by atoms with Crippen LogP contribution in [-0.2, 0) is 0 Å². The van der Waals surface area contributed by atoms with Crippen molar-refractivity contribution >= 4 is 40.3 Å². The van der Waals surface area contributed by atoms with Gasteiger partial charge in [-0.25, -0.2) is 0 Å². The van der Waals surface area contributed by atoms with Gasteiger partial charge in [-0.1, -0.05) is 23.7 Å². The summed E-state index contributed by atoms with van der Waals surface area (Å²) in [7, 11) is 0. The molecule has 2 aromatic rings. The number of hydrogen-bond donors (Lipinski definition) is 1. The zero-order valence-electron chi connectivity index (χ0n) is 11.6. The summed E-state index contributed by atoms with van der Waals surface area (Å²) < 4.78 is 5.65. The second-order valence-electron chi connectivity index (χ2n) is 4.86. The molecule has 0 unspecified atom stereocenters. The molecule has 1 aliphatic heterocycles. The first-order chi connectivity index (χ1) is 10.1. The van der Waals surface area contributed by atoms with Gasteiger partial charge in [0.15, 0.2) is 5.11 Å². The minimum absolute atomic E-state index is 0.623. The molecule has 0 radical (unpaired) electrons. The van der Waals surface area contributed by atoms with E-state index in [0.717, 1.165) is 34.3 Å². The quantitative estimate of drug-likeness (QED) is 0.795. The second-order valence-corrected chi connectivity index (χ2v) is 5.68. The minimum atomic E-state index is 0.623. The molecule has 1 heterocycles. The number of nitrogens with one attached hydrogen (secondary N) is 1. The van der Waals surface area contributed by atoms with Crippen LogP contribution in [0.5, 0.6) is 5.75 Å². The van der Waals surface area contributed by atoms with Crippen LogP contribution in [0.2, 0.25) is 5.02 Å². The molecule has 0 aliphatic carbocycles. The van der Waals surface area contributed by atoms with Crippen LogP contribution < -0.4 is 15.0 Å². The number of nitrogens with zero attached hydrogens (tertiary/aromatic N) is 1. The molecule has 0 atom stereocenters. The molecular weight excluding hydrogens is 304 g/mol. The van der Waals surface area contributed by atoms with Crippen molar-refractivity contribution in [3.05, 3.63) is 53.1 Å². The molecule has 0 spiro atoms. The number of anilines is 2. The van der Waals surface area contributed by atoms with Gasteiger partial charge in [0.05, 0.1) is 12.2 Å². The summed E-state index contributed by atoms with van der Waals surface area (Å²) in [6.45, 7) is 3.36. The van der Waals surface area contributed by atoms with Crippen molar-refractivity contribution in [1.82, 2.24) is 0 Å². The van der Waals surface area contributed by atoms with Gasteiger partial charge in [0.2, 0.25) is 0 Å². The highest BCUT2D eigenvalue weighted by atomic mass is 35.5. The van der Waals surface area contributed by atoms with Crippen LogP contribution in [-0.4, -0.2) is 18.3 Å². The summed E-state index contributed by atoms with van der Waals surface area (Å²) in [6, 6.07) is 13.6. The van der Waals surface area contributed by atoms with Crippen molar-refractivity contribution in [1.29, 1.82) is 0 Å². The van der Waals surface area contributed by atoms with Crippen molar-refractivity contribution in [3.63, 3.8) is 0 Å². The highest BCUT2D eigenvalue weighted by Crippen LogP contribution is 2.31. The molecule has 0 bridgehead atoms. The maximum atomic E-state index is 5.98. The maximum absolute atomic E-state index is 5.98. The summed E-state index contributed by atoms with van der Waals surface area (Å²) >= 11 is 11.5. The summed E-state index contributed by atoms with van der Waals surface area (Å²) in [6.07, 6.45) is 0. The van der Waals surface area contributed by atoms with Gasteiger partial charge in [0.1, 0.15) is 12.4 Å². The van der Waals surface area contributed by atoms with E-state index >= 15 is 0 Å². The summed E-state index contributed by atoms with van der Waals surface area (Å²) in [5.41, 5.74) is 3.02. The molecule has 5 heteroatoms. The fourth-order valence-corrected chi connectivity index (χ4v) is 2.86. The fourth-order valence-electron chi connectivity index (χ4n) is 2.33. The summed E-state index contributed by atoms with van der Waals surface area (Å²) in [4.78, 5) is 2.06. The molecule has 0 saturated carbocycles. The molecule has 108 valence electrons.